The first-order chi connectivity index (χ1) is 6.14. The first-order valence-electron chi connectivity index (χ1n) is 4.87. The van der Waals surface area contributed by atoms with Crippen molar-refractivity contribution in [2.24, 2.45) is 11.3 Å². The molecule has 0 aromatic heterocycles. The summed E-state index contributed by atoms with van der Waals surface area (Å²) in [6.07, 6.45) is 5.32. The number of rotatable bonds is 2. The van der Waals surface area contributed by atoms with Crippen LogP contribution in [0.3, 0.4) is 0 Å². The maximum Gasteiger partial charge on any atom is 0.0775 e. The Balaban J connectivity index is 2.79. The summed E-state index contributed by atoms with van der Waals surface area (Å²) in [4.78, 5) is 0. The predicted molar refractivity (Wildman–Crippen MR) is 51.9 cm³/mol. The topological polar surface area (TPSA) is 44.0 Å². The minimum absolute atomic E-state index is 0.0729. The molecular weight excluding hydrogens is 162 g/mol. The number of nitrogens with zero attached hydrogens (tertiary/aromatic N) is 1. The van der Waals surface area contributed by atoms with Gasteiger partial charge in [0.2, 0.25) is 0 Å². The van der Waals surface area contributed by atoms with Crippen LogP contribution >= 0.6 is 0 Å². The number of aliphatic hydroxyl groups excluding tert-OH is 1. The van der Waals surface area contributed by atoms with Gasteiger partial charge in [-0.3, -0.25) is 0 Å². The van der Waals surface area contributed by atoms with E-state index >= 15 is 0 Å². The third-order valence-corrected chi connectivity index (χ3v) is 3.16. The monoisotopic (exact) mass is 179 g/mol. The summed E-state index contributed by atoms with van der Waals surface area (Å²) >= 11 is 0. The Morgan fingerprint density at radius 3 is 2.62 bits per heavy atom. The summed E-state index contributed by atoms with van der Waals surface area (Å²) in [6.45, 7) is 5.54. The fourth-order valence-electron chi connectivity index (χ4n) is 2.09. The zero-order valence-corrected chi connectivity index (χ0v) is 8.16. The van der Waals surface area contributed by atoms with Crippen LogP contribution in [0.15, 0.2) is 12.7 Å². The lowest BCUT2D eigenvalue weighted by atomic mass is 9.69. The Labute approximate surface area is 79.9 Å². The van der Waals surface area contributed by atoms with Crippen LogP contribution < -0.4 is 0 Å². The molecule has 0 radical (unpaired) electrons. The van der Waals surface area contributed by atoms with E-state index in [1.165, 1.54) is 0 Å². The van der Waals surface area contributed by atoms with Crippen LogP contribution in [0.2, 0.25) is 0 Å². The second kappa shape index (κ2) is 3.93. The van der Waals surface area contributed by atoms with E-state index in [0.29, 0.717) is 0 Å². The fraction of sp³-hybridized carbons (Fsp3) is 0.727. The molecule has 0 aromatic rings. The van der Waals surface area contributed by atoms with Crippen LogP contribution in [0.1, 0.15) is 32.6 Å². The first-order valence-corrected chi connectivity index (χ1v) is 4.87. The number of nitriles is 1. The molecule has 0 saturated heterocycles. The Morgan fingerprint density at radius 1 is 1.54 bits per heavy atom. The Morgan fingerprint density at radius 2 is 2.15 bits per heavy atom. The van der Waals surface area contributed by atoms with Gasteiger partial charge >= 0.3 is 0 Å². The van der Waals surface area contributed by atoms with E-state index in [9.17, 15) is 5.11 Å². The molecule has 0 aliphatic heterocycles. The summed E-state index contributed by atoms with van der Waals surface area (Å²) in [5.74, 6) is 0.0729. The summed E-state index contributed by atoms with van der Waals surface area (Å²) < 4.78 is 0. The van der Waals surface area contributed by atoms with Crippen LogP contribution in [0.5, 0.6) is 0 Å². The molecule has 72 valence electrons. The van der Waals surface area contributed by atoms with Crippen molar-refractivity contribution < 1.29 is 5.11 Å². The van der Waals surface area contributed by atoms with E-state index < -0.39 is 5.41 Å². The van der Waals surface area contributed by atoms with E-state index in [-0.39, 0.29) is 12.0 Å². The van der Waals surface area contributed by atoms with Gasteiger partial charge in [0.25, 0.3) is 0 Å². The van der Waals surface area contributed by atoms with Crippen molar-refractivity contribution in [1.82, 2.24) is 0 Å². The highest BCUT2D eigenvalue weighted by molar-refractivity contribution is 5.12. The van der Waals surface area contributed by atoms with Crippen LogP contribution in [0.25, 0.3) is 0 Å². The molecule has 1 rings (SSSR count). The van der Waals surface area contributed by atoms with Crippen LogP contribution in [0, 0.1) is 22.7 Å². The normalized spacial score (nSPS) is 33.0. The molecule has 2 unspecified atom stereocenters. The number of hydrogen-bond donors (Lipinski definition) is 1. The molecule has 2 heteroatoms. The molecule has 1 aliphatic carbocycles. The summed E-state index contributed by atoms with van der Waals surface area (Å²) in [6, 6.07) is 2.25. The lowest BCUT2D eigenvalue weighted by Gasteiger charge is -2.35. The zero-order chi connectivity index (χ0) is 9.90. The van der Waals surface area contributed by atoms with Gasteiger partial charge in [0.05, 0.1) is 17.6 Å². The lowest BCUT2D eigenvalue weighted by molar-refractivity contribution is 0.0335. The molecule has 0 heterocycles. The van der Waals surface area contributed by atoms with Gasteiger partial charge in [0.15, 0.2) is 0 Å². The highest BCUT2D eigenvalue weighted by Crippen LogP contribution is 2.38. The molecule has 1 fully saturated rings. The molecule has 1 N–H and O–H groups in total. The number of hydrogen-bond acceptors (Lipinski definition) is 2. The quantitative estimate of drug-likeness (QED) is 0.661. The maximum absolute atomic E-state index is 9.77. The third kappa shape index (κ3) is 1.92. The molecule has 2 nitrogen and oxygen atoms in total. The van der Waals surface area contributed by atoms with Crippen molar-refractivity contribution in [2.75, 3.05) is 0 Å². The maximum atomic E-state index is 9.77. The Bertz CT molecular complexity index is 231. The average Bonchev–Trinajstić information content (AvgIpc) is 2.17. The second-order valence-electron chi connectivity index (χ2n) is 4.06. The molecule has 0 amide bonds. The average molecular weight is 179 g/mol. The molecule has 0 bridgehead atoms. The largest absolute Gasteiger partial charge is 0.393 e. The van der Waals surface area contributed by atoms with Gasteiger partial charge in [-0.25, -0.2) is 0 Å². The predicted octanol–water partition coefficient (Wildman–Crippen LogP) is 2.25. The highest BCUT2D eigenvalue weighted by atomic mass is 16.3. The first kappa shape index (κ1) is 10.3. The highest BCUT2D eigenvalue weighted by Gasteiger charge is 2.37. The number of aliphatic hydroxyl groups is 1. The molecule has 0 aromatic carbocycles. The molecule has 1 saturated carbocycles. The van der Waals surface area contributed by atoms with Crippen molar-refractivity contribution in [3.63, 3.8) is 0 Å². The fourth-order valence-corrected chi connectivity index (χ4v) is 2.09. The van der Waals surface area contributed by atoms with Crippen LogP contribution in [-0.2, 0) is 0 Å². The minimum Gasteiger partial charge on any atom is -0.393 e. The van der Waals surface area contributed by atoms with Gasteiger partial charge in [0.1, 0.15) is 0 Å². The van der Waals surface area contributed by atoms with Crippen molar-refractivity contribution in [3.8, 4) is 6.07 Å². The van der Waals surface area contributed by atoms with Gasteiger partial charge in [-0.05, 0) is 19.8 Å². The van der Waals surface area contributed by atoms with Gasteiger partial charge in [0, 0.05) is 5.92 Å². The summed E-state index contributed by atoms with van der Waals surface area (Å²) in [5, 5.41) is 18.8. The molecule has 0 spiro atoms. The summed E-state index contributed by atoms with van der Waals surface area (Å²) in [7, 11) is 0. The van der Waals surface area contributed by atoms with E-state index in [1.807, 2.05) is 6.92 Å². The van der Waals surface area contributed by atoms with E-state index in [4.69, 9.17) is 5.26 Å². The molecule has 1 aliphatic rings. The van der Waals surface area contributed by atoms with Crippen molar-refractivity contribution >= 4 is 0 Å². The second-order valence-corrected chi connectivity index (χ2v) is 4.06. The standard InChI is InChI=1S/C11H17NO/c1-3-11(2,8-12)9-6-4-5-7-10(9)13/h3,9-10,13H,1,4-7H2,2H3/t9-,10?,11?/m0/s1. The van der Waals surface area contributed by atoms with Crippen LogP contribution in [0.4, 0.5) is 0 Å². The van der Waals surface area contributed by atoms with E-state index in [2.05, 4.69) is 12.6 Å². The van der Waals surface area contributed by atoms with Gasteiger partial charge in [-0.15, -0.1) is 6.58 Å². The number of allylic oxidation sites excluding steroid dienone is 1. The van der Waals surface area contributed by atoms with E-state index in [1.54, 1.807) is 6.08 Å². The van der Waals surface area contributed by atoms with Crippen molar-refractivity contribution in [2.45, 2.75) is 38.7 Å². The Kier molecular flexibility index (Phi) is 3.11. The molecule has 3 atom stereocenters. The van der Waals surface area contributed by atoms with Gasteiger partial charge in [-0.2, -0.15) is 5.26 Å². The van der Waals surface area contributed by atoms with E-state index in [0.717, 1.165) is 25.7 Å². The van der Waals surface area contributed by atoms with Gasteiger partial charge < -0.3 is 5.11 Å². The third-order valence-electron chi connectivity index (χ3n) is 3.16. The molecular formula is C11H17NO. The van der Waals surface area contributed by atoms with Crippen molar-refractivity contribution in [1.29, 1.82) is 5.26 Å². The minimum atomic E-state index is -0.556. The Hall–Kier alpha value is -0.810. The van der Waals surface area contributed by atoms with Crippen molar-refractivity contribution in [3.05, 3.63) is 12.7 Å². The lowest BCUT2D eigenvalue weighted by Crippen LogP contribution is -2.36. The SMILES string of the molecule is C=CC(C)(C#N)[C@H]1CCCCC1O. The zero-order valence-electron chi connectivity index (χ0n) is 8.16. The van der Waals surface area contributed by atoms with Crippen LogP contribution in [-0.4, -0.2) is 11.2 Å². The van der Waals surface area contributed by atoms with Gasteiger partial charge in [-0.1, -0.05) is 18.9 Å². The summed E-state index contributed by atoms with van der Waals surface area (Å²) in [5.41, 5.74) is -0.556. The smallest absolute Gasteiger partial charge is 0.0775 e. The molecule has 13 heavy (non-hydrogen) atoms.